The highest BCUT2D eigenvalue weighted by atomic mass is 127. The topological polar surface area (TPSA) is 51.2 Å². The number of hydrogen-bond donors (Lipinski definition) is 0. The molecule has 1 aromatic rings. The molecule has 0 amide bonds. The zero-order valence-electron chi connectivity index (χ0n) is 6.49. The van der Waals surface area contributed by atoms with E-state index in [0.29, 0.717) is 23.7 Å². The number of carbonyl (C=O) groups is 3. The van der Waals surface area contributed by atoms with E-state index in [0.717, 1.165) is 0 Å². The van der Waals surface area contributed by atoms with Gasteiger partial charge in [0.2, 0.25) is 3.79 Å². The number of benzene rings is 1. The van der Waals surface area contributed by atoms with Gasteiger partial charge in [0.25, 0.3) is 0 Å². The van der Waals surface area contributed by atoms with Crippen LogP contribution in [0.3, 0.4) is 0 Å². The summed E-state index contributed by atoms with van der Waals surface area (Å²) in [5.74, 6) is 0. The fourth-order valence-electron chi connectivity index (χ4n) is 0.920. The SMILES string of the molecule is O=Cc1ccc(C=O)c(C(=O)I)c1. The monoisotopic (exact) mass is 288 g/mol. The molecular formula is C9H5IO3. The van der Waals surface area contributed by atoms with E-state index in [9.17, 15) is 14.4 Å². The summed E-state index contributed by atoms with van der Waals surface area (Å²) in [4.78, 5) is 31.9. The first kappa shape index (κ1) is 10.0. The van der Waals surface area contributed by atoms with Crippen molar-refractivity contribution >= 4 is 39.0 Å². The lowest BCUT2D eigenvalue weighted by Gasteiger charge is -1.99. The van der Waals surface area contributed by atoms with Crippen molar-refractivity contribution in [3.63, 3.8) is 0 Å². The highest BCUT2D eigenvalue weighted by Crippen LogP contribution is 2.13. The molecule has 0 spiro atoms. The van der Waals surface area contributed by atoms with Gasteiger partial charge in [-0.3, -0.25) is 14.4 Å². The standard InChI is InChI=1S/C9H5IO3/c10-9(13)8-3-6(4-11)1-2-7(8)5-12/h1-5H. The third-order valence-electron chi connectivity index (χ3n) is 1.55. The number of hydrogen-bond acceptors (Lipinski definition) is 3. The predicted molar refractivity (Wildman–Crippen MR) is 55.6 cm³/mol. The Balaban J connectivity index is 3.33. The summed E-state index contributed by atoms with van der Waals surface area (Å²) in [6, 6.07) is 4.37. The minimum atomic E-state index is -0.247. The van der Waals surface area contributed by atoms with Crippen molar-refractivity contribution in [1.82, 2.24) is 0 Å². The zero-order valence-corrected chi connectivity index (χ0v) is 8.65. The molecule has 0 unspecified atom stereocenters. The molecule has 0 aromatic heterocycles. The Kier molecular flexibility index (Phi) is 3.30. The van der Waals surface area contributed by atoms with Crippen molar-refractivity contribution < 1.29 is 14.4 Å². The number of carbonyl (C=O) groups excluding carboxylic acids is 3. The number of rotatable bonds is 3. The Morgan fingerprint density at radius 3 is 2.38 bits per heavy atom. The lowest BCUT2D eigenvalue weighted by Crippen LogP contribution is -1.97. The van der Waals surface area contributed by atoms with Crippen LogP contribution in [0.2, 0.25) is 0 Å². The normalized spacial score (nSPS) is 9.31. The summed E-state index contributed by atoms with van der Waals surface area (Å²) >= 11 is 1.58. The van der Waals surface area contributed by atoms with Crippen LogP contribution in [0.1, 0.15) is 31.1 Å². The average molecular weight is 288 g/mol. The first-order chi connectivity index (χ1) is 6.19. The van der Waals surface area contributed by atoms with E-state index in [1.165, 1.54) is 18.2 Å². The van der Waals surface area contributed by atoms with Gasteiger partial charge in [0, 0.05) is 39.3 Å². The molecule has 66 valence electrons. The molecule has 0 heterocycles. The summed E-state index contributed by atoms with van der Waals surface area (Å²) in [6.07, 6.45) is 1.23. The summed E-state index contributed by atoms with van der Waals surface area (Å²) in [5, 5.41) is 0. The summed E-state index contributed by atoms with van der Waals surface area (Å²) in [6.45, 7) is 0. The average Bonchev–Trinajstić information content (AvgIpc) is 2.16. The summed E-state index contributed by atoms with van der Waals surface area (Å²) in [5.41, 5.74) is 0.982. The maximum Gasteiger partial charge on any atom is 0.223 e. The first-order valence-corrected chi connectivity index (χ1v) is 4.51. The first-order valence-electron chi connectivity index (χ1n) is 3.43. The van der Waals surface area contributed by atoms with Crippen LogP contribution in [0.15, 0.2) is 18.2 Å². The molecule has 13 heavy (non-hydrogen) atoms. The second-order valence-corrected chi connectivity index (χ2v) is 3.34. The largest absolute Gasteiger partial charge is 0.298 e. The quantitative estimate of drug-likeness (QED) is 0.485. The molecule has 0 aliphatic carbocycles. The summed E-state index contributed by atoms with van der Waals surface area (Å²) < 4.78 is -0.247. The van der Waals surface area contributed by atoms with Gasteiger partial charge in [-0.05, 0) is 6.07 Å². The second kappa shape index (κ2) is 4.27. The Bertz CT molecular complexity index is 371. The van der Waals surface area contributed by atoms with Crippen LogP contribution in [0.5, 0.6) is 0 Å². The molecule has 0 fully saturated rings. The molecule has 4 heteroatoms. The molecule has 0 saturated heterocycles. The van der Waals surface area contributed by atoms with Crippen molar-refractivity contribution in [3.05, 3.63) is 34.9 Å². The van der Waals surface area contributed by atoms with Crippen LogP contribution < -0.4 is 0 Å². The molecule has 0 radical (unpaired) electrons. The van der Waals surface area contributed by atoms with E-state index in [-0.39, 0.29) is 9.35 Å². The zero-order chi connectivity index (χ0) is 9.84. The van der Waals surface area contributed by atoms with Crippen LogP contribution >= 0.6 is 22.6 Å². The van der Waals surface area contributed by atoms with Crippen LogP contribution in [0.25, 0.3) is 0 Å². The van der Waals surface area contributed by atoms with Crippen LogP contribution in [-0.4, -0.2) is 16.4 Å². The Labute approximate surface area is 88.3 Å². The molecule has 1 aromatic carbocycles. The Morgan fingerprint density at radius 2 is 1.92 bits per heavy atom. The van der Waals surface area contributed by atoms with Crippen molar-refractivity contribution in [2.24, 2.45) is 0 Å². The molecule has 0 atom stereocenters. The second-order valence-electron chi connectivity index (χ2n) is 2.36. The van der Waals surface area contributed by atoms with Crippen LogP contribution in [-0.2, 0) is 0 Å². The van der Waals surface area contributed by atoms with Gasteiger partial charge in [-0.2, -0.15) is 0 Å². The van der Waals surface area contributed by atoms with Crippen molar-refractivity contribution in [2.75, 3.05) is 0 Å². The molecule has 0 aliphatic rings. The van der Waals surface area contributed by atoms with Crippen LogP contribution in [0, 0.1) is 0 Å². The predicted octanol–water partition coefficient (Wildman–Crippen LogP) is 1.89. The van der Waals surface area contributed by atoms with E-state index < -0.39 is 0 Å². The molecule has 0 N–H and O–H groups in total. The van der Waals surface area contributed by atoms with Gasteiger partial charge in [-0.25, -0.2) is 0 Å². The lowest BCUT2D eigenvalue weighted by atomic mass is 10.1. The van der Waals surface area contributed by atoms with Gasteiger partial charge in [0.15, 0.2) is 6.29 Å². The Hall–Kier alpha value is -1.04. The van der Waals surface area contributed by atoms with E-state index in [1.807, 2.05) is 0 Å². The molecule has 3 nitrogen and oxygen atoms in total. The van der Waals surface area contributed by atoms with Crippen molar-refractivity contribution in [3.8, 4) is 0 Å². The van der Waals surface area contributed by atoms with Gasteiger partial charge in [0.05, 0.1) is 0 Å². The maximum atomic E-state index is 11.0. The molecular weight excluding hydrogens is 283 g/mol. The number of aldehydes is 2. The van der Waals surface area contributed by atoms with E-state index in [2.05, 4.69) is 0 Å². The third kappa shape index (κ3) is 2.21. The fourth-order valence-corrected chi connectivity index (χ4v) is 1.39. The lowest BCUT2D eigenvalue weighted by molar-refractivity contribution is 0.108. The number of halogens is 1. The van der Waals surface area contributed by atoms with Crippen LogP contribution in [0.4, 0.5) is 0 Å². The molecule has 0 aliphatic heterocycles. The van der Waals surface area contributed by atoms with Crippen molar-refractivity contribution in [2.45, 2.75) is 0 Å². The van der Waals surface area contributed by atoms with Gasteiger partial charge < -0.3 is 0 Å². The smallest absolute Gasteiger partial charge is 0.223 e. The molecule has 1 rings (SSSR count). The van der Waals surface area contributed by atoms with Gasteiger partial charge in [-0.15, -0.1) is 0 Å². The van der Waals surface area contributed by atoms with Gasteiger partial charge >= 0.3 is 0 Å². The highest BCUT2D eigenvalue weighted by molar-refractivity contribution is 14.1. The van der Waals surface area contributed by atoms with E-state index >= 15 is 0 Å². The maximum absolute atomic E-state index is 11.0. The molecule has 0 bridgehead atoms. The minimum Gasteiger partial charge on any atom is -0.298 e. The van der Waals surface area contributed by atoms with E-state index in [1.54, 1.807) is 22.6 Å². The van der Waals surface area contributed by atoms with Gasteiger partial charge in [-0.1, -0.05) is 12.1 Å². The fraction of sp³-hybridized carbons (Fsp3) is 0. The Morgan fingerprint density at radius 1 is 1.23 bits per heavy atom. The highest BCUT2D eigenvalue weighted by Gasteiger charge is 2.08. The minimum absolute atomic E-state index is 0.247. The third-order valence-corrected chi connectivity index (χ3v) is 2.13. The van der Waals surface area contributed by atoms with Crippen molar-refractivity contribution in [1.29, 1.82) is 0 Å². The van der Waals surface area contributed by atoms with E-state index in [4.69, 9.17) is 0 Å². The summed E-state index contributed by atoms with van der Waals surface area (Å²) in [7, 11) is 0. The van der Waals surface area contributed by atoms with Gasteiger partial charge in [0.1, 0.15) is 6.29 Å². The molecule has 0 saturated carbocycles.